The van der Waals surface area contributed by atoms with E-state index in [4.69, 9.17) is 4.74 Å². The topological polar surface area (TPSA) is 44.8 Å². The minimum absolute atomic E-state index is 0.0838. The van der Waals surface area contributed by atoms with Crippen molar-refractivity contribution in [1.82, 2.24) is 10.2 Å². The third-order valence-corrected chi connectivity index (χ3v) is 4.30. The molecule has 0 spiro atoms. The van der Waals surface area contributed by atoms with Gasteiger partial charge < -0.3 is 15.0 Å². The minimum Gasteiger partial charge on any atom is -0.495 e. The number of hydrogen-bond donors (Lipinski definition) is 1. The van der Waals surface area contributed by atoms with Crippen LogP contribution < -0.4 is 15.0 Å². The predicted octanol–water partition coefficient (Wildman–Crippen LogP) is 2.34. The third kappa shape index (κ3) is 2.46. The number of rotatable bonds is 3. The Balaban J connectivity index is 1.97. The van der Waals surface area contributed by atoms with Crippen molar-refractivity contribution in [3.8, 4) is 5.75 Å². The van der Waals surface area contributed by atoms with Crippen LogP contribution in [-0.2, 0) is 13.1 Å². The second-order valence-electron chi connectivity index (χ2n) is 5.97. The van der Waals surface area contributed by atoms with E-state index < -0.39 is 0 Å². The Hall–Kier alpha value is -1.75. The highest BCUT2D eigenvalue weighted by Crippen LogP contribution is 2.35. The zero-order valence-electron chi connectivity index (χ0n) is 13.0. The van der Waals surface area contributed by atoms with Gasteiger partial charge in [-0.15, -0.1) is 0 Å². The number of benzene rings is 1. The molecule has 3 rings (SSSR count). The third-order valence-electron chi connectivity index (χ3n) is 4.30. The number of anilines is 1. The molecule has 21 heavy (non-hydrogen) atoms. The van der Waals surface area contributed by atoms with Crippen LogP contribution >= 0.6 is 0 Å². The molecule has 2 amide bonds. The van der Waals surface area contributed by atoms with Crippen molar-refractivity contribution in [1.29, 1.82) is 0 Å². The van der Waals surface area contributed by atoms with Crippen LogP contribution in [0.25, 0.3) is 0 Å². The summed E-state index contributed by atoms with van der Waals surface area (Å²) in [5.74, 6) is 0.788. The Morgan fingerprint density at radius 3 is 2.57 bits per heavy atom. The summed E-state index contributed by atoms with van der Waals surface area (Å²) < 4.78 is 5.53. The van der Waals surface area contributed by atoms with Gasteiger partial charge in [0, 0.05) is 32.2 Å². The second-order valence-corrected chi connectivity index (χ2v) is 5.97. The number of fused-ring (bicyclic) bond motifs is 1. The lowest BCUT2D eigenvalue weighted by atomic mass is 10.1. The van der Waals surface area contributed by atoms with E-state index >= 15 is 0 Å². The van der Waals surface area contributed by atoms with E-state index in [0.29, 0.717) is 0 Å². The van der Waals surface area contributed by atoms with E-state index in [9.17, 15) is 4.79 Å². The first-order valence-electron chi connectivity index (χ1n) is 7.60. The molecular weight excluding hydrogens is 266 g/mol. The Bertz CT molecular complexity index is 557. The largest absolute Gasteiger partial charge is 0.495 e. The number of nitrogens with zero attached hydrogens (tertiary/aromatic N) is 2. The number of carbonyl (C=O) groups is 1. The molecule has 1 aromatic carbocycles. The smallest absolute Gasteiger partial charge is 0.324 e. The zero-order valence-corrected chi connectivity index (χ0v) is 13.0. The molecule has 5 nitrogen and oxygen atoms in total. The maximum Gasteiger partial charge on any atom is 0.324 e. The van der Waals surface area contributed by atoms with Crippen molar-refractivity contribution in [2.24, 2.45) is 0 Å². The summed E-state index contributed by atoms with van der Waals surface area (Å²) in [5.41, 5.74) is 3.43. The molecule has 0 saturated carbocycles. The van der Waals surface area contributed by atoms with Crippen molar-refractivity contribution in [2.45, 2.75) is 39.4 Å². The molecule has 1 aromatic rings. The lowest BCUT2D eigenvalue weighted by Gasteiger charge is -2.38. The van der Waals surface area contributed by atoms with Gasteiger partial charge in [-0.2, -0.15) is 0 Å². The molecule has 114 valence electrons. The standard InChI is InChI=1S/C16H23N3O2/c1-11(2)18-5-4-6-19(16(18)20)14-7-12-9-17-10-13(12)8-15(14)21-3/h7-8,11,17H,4-6,9-10H2,1-3H3. The molecule has 1 N–H and O–H groups in total. The van der Waals surface area contributed by atoms with E-state index in [1.807, 2.05) is 9.80 Å². The van der Waals surface area contributed by atoms with Crippen LogP contribution in [0.15, 0.2) is 12.1 Å². The quantitative estimate of drug-likeness (QED) is 0.929. The van der Waals surface area contributed by atoms with Gasteiger partial charge in [0.1, 0.15) is 5.75 Å². The van der Waals surface area contributed by atoms with Gasteiger partial charge in [-0.05, 0) is 43.5 Å². The number of ether oxygens (including phenoxy) is 1. The van der Waals surface area contributed by atoms with Crippen LogP contribution in [0.4, 0.5) is 10.5 Å². The van der Waals surface area contributed by atoms with Gasteiger partial charge in [-0.25, -0.2) is 4.79 Å². The summed E-state index contributed by atoms with van der Waals surface area (Å²) >= 11 is 0. The molecule has 0 bridgehead atoms. The molecule has 2 aliphatic heterocycles. The first-order valence-corrected chi connectivity index (χ1v) is 7.60. The summed E-state index contributed by atoms with van der Waals surface area (Å²) in [6.07, 6.45) is 0.989. The number of urea groups is 1. The van der Waals surface area contributed by atoms with Gasteiger partial charge in [0.25, 0.3) is 0 Å². The summed E-state index contributed by atoms with van der Waals surface area (Å²) in [5, 5.41) is 3.34. The van der Waals surface area contributed by atoms with E-state index in [-0.39, 0.29) is 12.1 Å². The lowest BCUT2D eigenvalue weighted by molar-refractivity contribution is 0.179. The van der Waals surface area contributed by atoms with Gasteiger partial charge >= 0.3 is 6.03 Å². The van der Waals surface area contributed by atoms with Crippen LogP contribution in [0, 0.1) is 0 Å². The number of hydrogen-bond acceptors (Lipinski definition) is 3. The predicted molar refractivity (Wildman–Crippen MR) is 82.7 cm³/mol. The maximum atomic E-state index is 12.7. The van der Waals surface area contributed by atoms with Crippen LogP contribution in [0.2, 0.25) is 0 Å². The molecule has 1 saturated heterocycles. The van der Waals surface area contributed by atoms with Crippen molar-refractivity contribution in [2.75, 3.05) is 25.1 Å². The molecule has 2 heterocycles. The van der Waals surface area contributed by atoms with Crippen molar-refractivity contribution in [3.63, 3.8) is 0 Å². The van der Waals surface area contributed by atoms with E-state index in [1.54, 1.807) is 7.11 Å². The highest BCUT2D eigenvalue weighted by atomic mass is 16.5. The highest BCUT2D eigenvalue weighted by Gasteiger charge is 2.31. The molecule has 0 aliphatic carbocycles. The monoisotopic (exact) mass is 289 g/mol. The van der Waals surface area contributed by atoms with Crippen LogP contribution in [0.1, 0.15) is 31.4 Å². The number of amides is 2. The van der Waals surface area contributed by atoms with Crippen LogP contribution in [-0.4, -0.2) is 37.2 Å². The molecule has 0 radical (unpaired) electrons. The van der Waals surface area contributed by atoms with Crippen molar-refractivity contribution < 1.29 is 9.53 Å². The Kier molecular flexibility index (Phi) is 3.76. The fraction of sp³-hybridized carbons (Fsp3) is 0.562. The number of carbonyl (C=O) groups excluding carboxylic acids is 1. The minimum atomic E-state index is 0.0838. The zero-order chi connectivity index (χ0) is 15.0. The van der Waals surface area contributed by atoms with E-state index in [1.165, 1.54) is 11.1 Å². The second kappa shape index (κ2) is 5.56. The molecule has 5 heteroatoms. The van der Waals surface area contributed by atoms with Crippen LogP contribution in [0.5, 0.6) is 5.75 Å². The molecule has 2 aliphatic rings. The number of nitrogens with one attached hydrogen (secondary N) is 1. The Morgan fingerprint density at radius 1 is 1.19 bits per heavy atom. The van der Waals surface area contributed by atoms with Crippen LogP contribution in [0.3, 0.4) is 0 Å². The average Bonchev–Trinajstić information content (AvgIpc) is 2.93. The van der Waals surface area contributed by atoms with Gasteiger partial charge in [0.15, 0.2) is 0 Å². The first-order chi connectivity index (χ1) is 10.1. The summed E-state index contributed by atoms with van der Waals surface area (Å²) in [4.78, 5) is 16.5. The molecule has 0 atom stereocenters. The fourth-order valence-corrected chi connectivity index (χ4v) is 3.14. The molecule has 0 unspecified atom stereocenters. The summed E-state index contributed by atoms with van der Waals surface area (Å²) in [6, 6.07) is 4.48. The molecular formula is C16H23N3O2. The van der Waals surface area contributed by atoms with Crippen molar-refractivity contribution >= 4 is 11.7 Å². The average molecular weight is 289 g/mol. The molecule has 1 fully saturated rings. The number of methoxy groups -OCH3 is 1. The summed E-state index contributed by atoms with van der Waals surface area (Å²) in [7, 11) is 1.67. The SMILES string of the molecule is COc1cc2c(cc1N1CCCN(C(C)C)C1=O)CNC2. The van der Waals surface area contributed by atoms with Gasteiger partial charge in [-0.1, -0.05) is 0 Å². The summed E-state index contributed by atoms with van der Waals surface area (Å²) in [6.45, 7) is 7.45. The molecule has 0 aromatic heterocycles. The van der Waals surface area contributed by atoms with Gasteiger partial charge in [0.05, 0.1) is 12.8 Å². The van der Waals surface area contributed by atoms with E-state index in [0.717, 1.165) is 44.0 Å². The van der Waals surface area contributed by atoms with E-state index in [2.05, 4.69) is 31.3 Å². The highest BCUT2D eigenvalue weighted by molar-refractivity contribution is 5.94. The Morgan fingerprint density at radius 2 is 1.90 bits per heavy atom. The van der Waals surface area contributed by atoms with Crippen molar-refractivity contribution in [3.05, 3.63) is 23.3 Å². The fourth-order valence-electron chi connectivity index (χ4n) is 3.14. The lowest BCUT2D eigenvalue weighted by Crippen LogP contribution is -2.52. The van der Waals surface area contributed by atoms with Gasteiger partial charge in [0.2, 0.25) is 0 Å². The maximum absolute atomic E-state index is 12.7. The first kappa shape index (κ1) is 14.2. The van der Waals surface area contributed by atoms with Gasteiger partial charge in [-0.3, -0.25) is 4.90 Å². The Labute approximate surface area is 125 Å². The normalized spacial score (nSPS) is 18.4.